The van der Waals surface area contributed by atoms with Crippen LogP contribution in [-0.4, -0.2) is 33.0 Å². The minimum atomic E-state index is -1.22. The first kappa shape index (κ1) is 18.7. The second kappa shape index (κ2) is 7.64. The van der Waals surface area contributed by atoms with Crippen LogP contribution in [-0.2, 0) is 4.74 Å². The van der Waals surface area contributed by atoms with Gasteiger partial charge in [-0.2, -0.15) is 0 Å². The highest BCUT2D eigenvalue weighted by atomic mass is 35.5. The van der Waals surface area contributed by atoms with Gasteiger partial charge in [-0.1, -0.05) is 43.4 Å². The fraction of sp³-hybridized carbons (Fsp3) is 0.300. The van der Waals surface area contributed by atoms with E-state index in [1.165, 1.54) is 0 Å². The van der Waals surface area contributed by atoms with Gasteiger partial charge in [0, 0.05) is 24.7 Å². The summed E-state index contributed by atoms with van der Waals surface area (Å²) in [5, 5.41) is 0.616. The number of rotatable bonds is 5. The Balaban J connectivity index is 1.75. The molecule has 1 aliphatic rings. The highest BCUT2D eigenvalue weighted by molar-refractivity contribution is 6.76. The van der Waals surface area contributed by atoms with E-state index in [2.05, 4.69) is 24.6 Å². The van der Waals surface area contributed by atoms with Crippen molar-refractivity contribution in [2.45, 2.75) is 25.7 Å². The molecular formula is C20H22ClNO3Si. The van der Waals surface area contributed by atoms with Gasteiger partial charge in [0.1, 0.15) is 18.0 Å². The maximum Gasteiger partial charge on any atom is 0.338 e. The summed E-state index contributed by atoms with van der Waals surface area (Å²) in [6.45, 7) is 7.58. The lowest BCUT2D eigenvalue weighted by atomic mass is 10.1. The minimum Gasteiger partial charge on any atom is -0.485 e. The lowest BCUT2D eigenvalue weighted by Gasteiger charge is -2.18. The monoisotopic (exact) mass is 387 g/mol. The first-order valence-corrected chi connectivity index (χ1v) is 12.7. The van der Waals surface area contributed by atoms with Gasteiger partial charge in [0.2, 0.25) is 0 Å². The number of halogens is 1. The molecular weight excluding hydrogens is 366 g/mol. The number of ether oxygens (including phenoxy) is 2. The van der Waals surface area contributed by atoms with Gasteiger partial charge in [-0.05, 0) is 30.3 Å². The molecule has 0 unspecified atom stereocenters. The standard InChI is InChI=1S/C20H22ClNO3Si/c1-26(2,3)10-9-24-20(23)15-6-4-5-14(11-15)18-13-25-19-12-16(21)7-8-17(19)22-18/h4-8,11-12H,9-10,13H2,1-3H3. The van der Waals surface area contributed by atoms with Crippen LogP contribution in [0.3, 0.4) is 0 Å². The first-order valence-electron chi connectivity index (χ1n) is 8.59. The summed E-state index contributed by atoms with van der Waals surface area (Å²) >= 11 is 5.98. The van der Waals surface area contributed by atoms with Crippen molar-refractivity contribution < 1.29 is 14.3 Å². The molecule has 3 rings (SSSR count). The van der Waals surface area contributed by atoms with Crippen LogP contribution in [0.2, 0.25) is 30.7 Å². The number of benzene rings is 2. The molecule has 0 amide bonds. The van der Waals surface area contributed by atoms with E-state index in [1.807, 2.05) is 18.2 Å². The summed E-state index contributed by atoms with van der Waals surface area (Å²) in [7, 11) is -1.22. The molecule has 6 heteroatoms. The predicted octanol–water partition coefficient (Wildman–Crippen LogP) is 5.35. The van der Waals surface area contributed by atoms with Crippen LogP contribution in [0.4, 0.5) is 5.69 Å². The average Bonchev–Trinajstić information content (AvgIpc) is 2.60. The number of hydrogen-bond acceptors (Lipinski definition) is 4. The molecule has 4 nitrogen and oxygen atoms in total. The van der Waals surface area contributed by atoms with Gasteiger partial charge in [-0.25, -0.2) is 9.79 Å². The molecule has 0 N–H and O–H groups in total. The average molecular weight is 388 g/mol. The lowest BCUT2D eigenvalue weighted by molar-refractivity contribution is 0.0525. The Kier molecular flexibility index (Phi) is 5.49. The van der Waals surface area contributed by atoms with E-state index in [1.54, 1.807) is 24.3 Å². The molecule has 2 aromatic carbocycles. The Hall–Kier alpha value is -2.11. The fourth-order valence-corrected chi connectivity index (χ4v) is 3.40. The van der Waals surface area contributed by atoms with Crippen molar-refractivity contribution in [2.75, 3.05) is 13.2 Å². The molecule has 2 aromatic rings. The molecule has 0 atom stereocenters. The molecule has 26 heavy (non-hydrogen) atoms. The largest absolute Gasteiger partial charge is 0.485 e. The minimum absolute atomic E-state index is 0.297. The highest BCUT2D eigenvalue weighted by Crippen LogP contribution is 2.34. The molecule has 136 valence electrons. The summed E-state index contributed by atoms with van der Waals surface area (Å²) in [5.74, 6) is 0.373. The fourth-order valence-electron chi connectivity index (χ4n) is 2.53. The molecule has 1 aliphatic heterocycles. The van der Waals surface area contributed by atoms with Gasteiger partial charge in [0.15, 0.2) is 0 Å². The maximum atomic E-state index is 12.3. The number of carbonyl (C=O) groups excluding carboxylic acids is 1. The third-order valence-corrected chi connectivity index (χ3v) is 6.00. The molecule has 0 fully saturated rings. The molecule has 1 heterocycles. The number of esters is 1. The number of nitrogens with zero attached hydrogens (tertiary/aromatic N) is 1. The second-order valence-electron chi connectivity index (χ2n) is 7.49. The zero-order chi connectivity index (χ0) is 18.7. The molecule has 0 bridgehead atoms. The first-order chi connectivity index (χ1) is 12.3. The van der Waals surface area contributed by atoms with E-state index in [9.17, 15) is 4.79 Å². The Morgan fingerprint density at radius 2 is 2.04 bits per heavy atom. The van der Waals surface area contributed by atoms with Crippen LogP contribution in [0.5, 0.6) is 5.75 Å². The SMILES string of the molecule is C[Si](C)(C)CCOC(=O)c1cccc(C2=Nc3ccc(Cl)cc3OC2)c1. The van der Waals surface area contributed by atoms with Gasteiger partial charge in [-0.15, -0.1) is 0 Å². The molecule has 0 radical (unpaired) electrons. The topological polar surface area (TPSA) is 47.9 Å². The van der Waals surface area contributed by atoms with Crippen molar-refractivity contribution in [3.63, 3.8) is 0 Å². The van der Waals surface area contributed by atoms with E-state index in [-0.39, 0.29) is 5.97 Å². The van der Waals surface area contributed by atoms with Crippen LogP contribution in [0.1, 0.15) is 15.9 Å². The van der Waals surface area contributed by atoms with Crippen molar-refractivity contribution in [2.24, 2.45) is 4.99 Å². The Labute approximate surface area is 159 Å². The van der Waals surface area contributed by atoms with E-state index in [0.29, 0.717) is 29.5 Å². The molecule has 0 aliphatic carbocycles. The van der Waals surface area contributed by atoms with Crippen LogP contribution < -0.4 is 4.74 Å². The zero-order valence-corrected chi connectivity index (χ0v) is 17.0. The molecule has 0 saturated carbocycles. The van der Waals surface area contributed by atoms with Gasteiger partial charge in [-0.3, -0.25) is 0 Å². The molecule has 0 saturated heterocycles. The molecule has 0 aromatic heterocycles. The van der Waals surface area contributed by atoms with Gasteiger partial charge >= 0.3 is 5.97 Å². The van der Waals surface area contributed by atoms with E-state index >= 15 is 0 Å². The van der Waals surface area contributed by atoms with E-state index < -0.39 is 8.07 Å². The van der Waals surface area contributed by atoms with Gasteiger partial charge in [0.05, 0.1) is 17.9 Å². The smallest absolute Gasteiger partial charge is 0.338 e. The van der Waals surface area contributed by atoms with Gasteiger partial charge < -0.3 is 9.47 Å². The number of fused-ring (bicyclic) bond motifs is 1. The zero-order valence-electron chi connectivity index (χ0n) is 15.2. The van der Waals surface area contributed by atoms with Crippen molar-refractivity contribution in [3.8, 4) is 5.75 Å². The Morgan fingerprint density at radius 1 is 1.23 bits per heavy atom. The summed E-state index contributed by atoms with van der Waals surface area (Å²) in [6.07, 6.45) is 0. The van der Waals surface area contributed by atoms with Crippen LogP contribution in [0.15, 0.2) is 47.5 Å². The summed E-state index contributed by atoms with van der Waals surface area (Å²) in [5.41, 5.74) is 2.89. The van der Waals surface area contributed by atoms with E-state index in [4.69, 9.17) is 21.1 Å². The summed E-state index contributed by atoms with van der Waals surface area (Å²) < 4.78 is 11.2. The summed E-state index contributed by atoms with van der Waals surface area (Å²) in [4.78, 5) is 16.9. The van der Waals surface area contributed by atoms with Crippen molar-refractivity contribution >= 4 is 37.0 Å². The van der Waals surface area contributed by atoms with Gasteiger partial charge in [0.25, 0.3) is 0 Å². The third-order valence-electron chi connectivity index (χ3n) is 4.06. The number of carbonyl (C=O) groups is 1. The van der Waals surface area contributed by atoms with Crippen molar-refractivity contribution in [1.29, 1.82) is 0 Å². The van der Waals surface area contributed by atoms with Crippen molar-refractivity contribution in [1.82, 2.24) is 0 Å². The Bertz CT molecular complexity index is 858. The number of aliphatic imine (C=N–C) groups is 1. The second-order valence-corrected chi connectivity index (χ2v) is 13.5. The summed E-state index contributed by atoms with van der Waals surface area (Å²) in [6, 6.07) is 13.6. The van der Waals surface area contributed by atoms with Crippen LogP contribution in [0.25, 0.3) is 0 Å². The lowest BCUT2D eigenvalue weighted by Crippen LogP contribution is -2.23. The quantitative estimate of drug-likeness (QED) is 0.513. The highest BCUT2D eigenvalue weighted by Gasteiger charge is 2.18. The Morgan fingerprint density at radius 3 is 2.81 bits per heavy atom. The molecule has 0 spiro atoms. The van der Waals surface area contributed by atoms with E-state index in [0.717, 1.165) is 23.0 Å². The predicted molar refractivity (Wildman–Crippen MR) is 108 cm³/mol. The van der Waals surface area contributed by atoms with Crippen LogP contribution in [0, 0.1) is 0 Å². The third kappa shape index (κ3) is 4.74. The van der Waals surface area contributed by atoms with Crippen molar-refractivity contribution in [3.05, 3.63) is 58.6 Å². The number of hydrogen-bond donors (Lipinski definition) is 0. The van der Waals surface area contributed by atoms with Crippen LogP contribution >= 0.6 is 11.6 Å². The normalized spacial score (nSPS) is 13.5. The maximum absolute atomic E-state index is 12.3.